The fraction of sp³-hybridized carbons (Fsp3) is 0.500. The molecule has 2 atom stereocenters. The first-order valence-corrected chi connectivity index (χ1v) is 9.11. The third kappa shape index (κ3) is 4.37. The molecule has 28 heavy (non-hydrogen) atoms. The summed E-state index contributed by atoms with van der Waals surface area (Å²) in [4.78, 5) is 6.26. The van der Waals surface area contributed by atoms with Gasteiger partial charge in [0.25, 0.3) is 0 Å². The first-order valence-electron chi connectivity index (χ1n) is 8.73. The molecule has 0 spiro atoms. The van der Waals surface area contributed by atoms with Gasteiger partial charge in [-0.05, 0) is 44.6 Å². The Labute approximate surface area is 165 Å². The summed E-state index contributed by atoms with van der Waals surface area (Å²) in [5.41, 5.74) is -0.526. The zero-order valence-corrected chi connectivity index (χ0v) is 16.1. The molecular formula is C18H20ClF3N4O2. The summed E-state index contributed by atoms with van der Waals surface area (Å²) in [6.07, 6.45) is -3.63. The van der Waals surface area contributed by atoms with Gasteiger partial charge < -0.3 is 14.7 Å². The van der Waals surface area contributed by atoms with E-state index >= 15 is 0 Å². The summed E-state index contributed by atoms with van der Waals surface area (Å²) in [5, 5.41) is 18.5. The largest absolute Gasteiger partial charge is 0.496 e. The highest BCUT2D eigenvalue weighted by atomic mass is 35.5. The van der Waals surface area contributed by atoms with E-state index in [1.165, 1.54) is 13.2 Å². The molecule has 2 aromatic rings. The van der Waals surface area contributed by atoms with Crippen molar-refractivity contribution in [3.63, 3.8) is 0 Å². The van der Waals surface area contributed by atoms with Gasteiger partial charge in [-0.2, -0.15) is 13.2 Å². The number of rotatable bonds is 4. The van der Waals surface area contributed by atoms with Crippen molar-refractivity contribution in [3.05, 3.63) is 34.7 Å². The van der Waals surface area contributed by atoms with Crippen LogP contribution in [0.5, 0.6) is 5.75 Å². The number of methoxy groups -OCH3 is 1. The standard InChI is InChI=1S/C18H20ClF3N4O2/c1-26-7-3-4-10(9-26)15(27)17-23-16(19)14(24-25-17)12-6-5-11(18(20,21)22)8-13(12)28-2/h5-6,8,10,15,27H,3-4,7,9H2,1-2H3. The van der Waals surface area contributed by atoms with Gasteiger partial charge in [0.2, 0.25) is 0 Å². The molecule has 1 N–H and O–H groups in total. The Hall–Kier alpha value is -1.97. The molecule has 0 aliphatic carbocycles. The van der Waals surface area contributed by atoms with Gasteiger partial charge in [0.05, 0.1) is 12.7 Å². The smallest absolute Gasteiger partial charge is 0.416 e. The molecule has 152 valence electrons. The second-order valence-electron chi connectivity index (χ2n) is 6.83. The van der Waals surface area contributed by atoms with E-state index in [1.54, 1.807) is 0 Å². The van der Waals surface area contributed by atoms with Crippen molar-refractivity contribution in [3.8, 4) is 17.0 Å². The van der Waals surface area contributed by atoms with Crippen LogP contribution in [0, 0.1) is 5.92 Å². The lowest BCUT2D eigenvalue weighted by Gasteiger charge is -2.31. The fourth-order valence-corrected chi connectivity index (χ4v) is 3.57. The lowest BCUT2D eigenvalue weighted by molar-refractivity contribution is -0.137. The Kier molecular flexibility index (Phi) is 6.07. The Morgan fingerprint density at radius 2 is 2.07 bits per heavy atom. The van der Waals surface area contributed by atoms with E-state index in [2.05, 4.69) is 20.1 Å². The topological polar surface area (TPSA) is 71.4 Å². The molecule has 2 unspecified atom stereocenters. The molecule has 0 saturated carbocycles. The first kappa shape index (κ1) is 20.8. The van der Waals surface area contributed by atoms with Crippen LogP contribution in [0.3, 0.4) is 0 Å². The zero-order chi connectivity index (χ0) is 20.5. The van der Waals surface area contributed by atoms with E-state index in [9.17, 15) is 18.3 Å². The predicted octanol–water partition coefficient (Wildman–Crippen LogP) is 3.59. The number of likely N-dealkylation sites (tertiary alicyclic amines) is 1. The highest BCUT2D eigenvalue weighted by Crippen LogP contribution is 2.38. The minimum absolute atomic E-state index is 0.0388. The number of hydrogen-bond acceptors (Lipinski definition) is 6. The number of aliphatic hydroxyl groups is 1. The number of hydrogen-bond donors (Lipinski definition) is 1. The maximum Gasteiger partial charge on any atom is 0.416 e. The van der Waals surface area contributed by atoms with E-state index in [1.807, 2.05) is 7.05 Å². The number of halogens is 4. The molecule has 3 rings (SSSR count). The van der Waals surface area contributed by atoms with Crippen LogP contribution in [0.25, 0.3) is 11.3 Å². The highest BCUT2D eigenvalue weighted by molar-refractivity contribution is 6.31. The first-order chi connectivity index (χ1) is 13.2. The van der Waals surface area contributed by atoms with Crippen LogP contribution in [0.2, 0.25) is 5.15 Å². The second-order valence-corrected chi connectivity index (χ2v) is 7.19. The van der Waals surface area contributed by atoms with Crippen LogP contribution in [0.1, 0.15) is 30.3 Å². The van der Waals surface area contributed by atoms with Gasteiger partial charge in [-0.25, -0.2) is 4.98 Å². The third-order valence-electron chi connectivity index (χ3n) is 4.82. The quantitative estimate of drug-likeness (QED) is 0.821. The maximum absolute atomic E-state index is 12.9. The van der Waals surface area contributed by atoms with Crippen molar-refractivity contribution in [1.82, 2.24) is 20.1 Å². The summed E-state index contributed by atoms with van der Waals surface area (Å²) < 4.78 is 43.8. The van der Waals surface area contributed by atoms with Gasteiger partial charge >= 0.3 is 6.18 Å². The molecule has 0 radical (unpaired) electrons. The molecule has 1 aliphatic heterocycles. The van der Waals surface area contributed by atoms with E-state index in [-0.39, 0.29) is 33.9 Å². The third-order valence-corrected chi connectivity index (χ3v) is 5.08. The molecule has 1 aromatic carbocycles. The minimum Gasteiger partial charge on any atom is -0.496 e. The van der Waals surface area contributed by atoms with Crippen LogP contribution >= 0.6 is 11.6 Å². The van der Waals surface area contributed by atoms with Crippen LogP contribution in [0.4, 0.5) is 13.2 Å². The van der Waals surface area contributed by atoms with E-state index < -0.39 is 17.8 Å². The van der Waals surface area contributed by atoms with Crippen molar-refractivity contribution in [2.75, 3.05) is 27.2 Å². The molecule has 1 aromatic heterocycles. The van der Waals surface area contributed by atoms with Crippen molar-refractivity contribution >= 4 is 11.6 Å². The van der Waals surface area contributed by atoms with Crippen LogP contribution in [-0.2, 0) is 6.18 Å². The molecule has 0 amide bonds. The summed E-state index contributed by atoms with van der Waals surface area (Å²) in [7, 11) is 3.23. The van der Waals surface area contributed by atoms with Gasteiger partial charge in [0, 0.05) is 18.0 Å². The van der Waals surface area contributed by atoms with Crippen molar-refractivity contribution in [1.29, 1.82) is 0 Å². The number of aliphatic hydroxyl groups excluding tert-OH is 1. The molecule has 2 heterocycles. The van der Waals surface area contributed by atoms with Crippen molar-refractivity contribution in [2.45, 2.75) is 25.1 Å². The zero-order valence-electron chi connectivity index (χ0n) is 15.4. The van der Waals surface area contributed by atoms with E-state index in [4.69, 9.17) is 16.3 Å². The van der Waals surface area contributed by atoms with Crippen molar-refractivity contribution < 1.29 is 23.0 Å². The molecule has 1 fully saturated rings. The minimum atomic E-state index is -4.50. The van der Waals surface area contributed by atoms with E-state index in [0.29, 0.717) is 6.54 Å². The second kappa shape index (κ2) is 8.18. The number of aromatic nitrogens is 3. The van der Waals surface area contributed by atoms with Gasteiger partial charge in [0.1, 0.15) is 17.5 Å². The molecular weight excluding hydrogens is 397 g/mol. The van der Waals surface area contributed by atoms with Crippen LogP contribution in [-0.4, -0.2) is 52.4 Å². The normalized spacial score (nSPS) is 19.5. The average Bonchev–Trinajstić information content (AvgIpc) is 2.66. The number of ether oxygens (including phenoxy) is 1. The maximum atomic E-state index is 12.9. The lowest BCUT2D eigenvalue weighted by Crippen LogP contribution is -2.35. The SMILES string of the molecule is COc1cc(C(F)(F)F)ccc1-c1nnc(C(O)C2CCCN(C)C2)nc1Cl. The summed E-state index contributed by atoms with van der Waals surface area (Å²) in [6.45, 7) is 1.67. The Morgan fingerprint density at radius 1 is 1.32 bits per heavy atom. The Balaban J connectivity index is 1.90. The van der Waals surface area contributed by atoms with Crippen LogP contribution in [0.15, 0.2) is 18.2 Å². The van der Waals surface area contributed by atoms with Gasteiger partial charge in [-0.15, -0.1) is 10.2 Å². The van der Waals surface area contributed by atoms with Crippen LogP contribution < -0.4 is 4.74 Å². The highest BCUT2D eigenvalue weighted by Gasteiger charge is 2.32. The summed E-state index contributed by atoms with van der Waals surface area (Å²) >= 11 is 6.22. The molecule has 10 heteroatoms. The molecule has 6 nitrogen and oxygen atoms in total. The summed E-state index contributed by atoms with van der Waals surface area (Å²) in [5.74, 6) is 0.0121. The molecule has 1 saturated heterocycles. The van der Waals surface area contributed by atoms with Crippen molar-refractivity contribution in [2.24, 2.45) is 5.92 Å². The summed E-state index contributed by atoms with van der Waals surface area (Å²) in [6, 6.07) is 3.00. The van der Waals surface area contributed by atoms with Gasteiger partial charge in [0.15, 0.2) is 11.0 Å². The number of piperidine rings is 1. The number of nitrogens with zero attached hydrogens (tertiary/aromatic N) is 4. The predicted molar refractivity (Wildman–Crippen MR) is 97.0 cm³/mol. The Morgan fingerprint density at radius 3 is 2.68 bits per heavy atom. The molecule has 1 aliphatic rings. The average molecular weight is 417 g/mol. The molecule has 0 bridgehead atoms. The Bertz CT molecular complexity index is 850. The number of alkyl halides is 3. The monoisotopic (exact) mass is 416 g/mol. The lowest BCUT2D eigenvalue weighted by atomic mass is 9.92. The van der Waals surface area contributed by atoms with Gasteiger partial charge in [-0.3, -0.25) is 0 Å². The van der Waals surface area contributed by atoms with Gasteiger partial charge in [-0.1, -0.05) is 11.6 Å². The number of benzene rings is 1. The van der Waals surface area contributed by atoms with E-state index in [0.717, 1.165) is 31.5 Å². The fourth-order valence-electron chi connectivity index (χ4n) is 3.35.